The lowest BCUT2D eigenvalue weighted by Gasteiger charge is -2.37. The molecule has 0 bridgehead atoms. The van der Waals surface area contributed by atoms with Crippen LogP contribution in [0.5, 0.6) is 0 Å². The highest BCUT2D eigenvalue weighted by Gasteiger charge is 2.34. The van der Waals surface area contributed by atoms with Gasteiger partial charge in [0.1, 0.15) is 0 Å². The van der Waals surface area contributed by atoms with Gasteiger partial charge in [0.2, 0.25) is 0 Å². The van der Waals surface area contributed by atoms with E-state index in [1.54, 1.807) is 8.61 Å². The van der Waals surface area contributed by atoms with Crippen molar-refractivity contribution in [3.05, 3.63) is 0 Å². The van der Waals surface area contributed by atoms with E-state index in [2.05, 4.69) is 36.7 Å². The van der Waals surface area contributed by atoms with Crippen LogP contribution in [0.25, 0.3) is 0 Å². The van der Waals surface area contributed by atoms with Crippen molar-refractivity contribution in [2.45, 2.75) is 52.5 Å². The second-order valence-electron chi connectivity index (χ2n) is 5.36. The highest BCUT2D eigenvalue weighted by Crippen LogP contribution is 2.23. The number of hydrogen-bond acceptors (Lipinski definition) is 2. The molecule has 0 aromatic heterocycles. The summed E-state index contributed by atoms with van der Waals surface area (Å²) in [6.45, 7) is 8.21. The molecule has 1 saturated heterocycles. The average molecular weight is 355 g/mol. The summed E-state index contributed by atoms with van der Waals surface area (Å²) in [6.07, 6.45) is 3.69. The maximum Gasteiger partial charge on any atom is 0.282 e. The lowest BCUT2D eigenvalue weighted by atomic mass is 10.0. The van der Waals surface area contributed by atoms with E-state index in [4.69, 9.17) is 0 Å². The lowest BCUT2D eigenvalue weighted by Crippen LogP contribution is -2.51. The molecule has 0 aromatic rings. The molecule has 0 atom stereocenters. The summed E-state index contributed by atoms with van der Waals surface area (Å²) >= 11 is 3.38. The van der Waals surface area contributed by atoms with E-state index in [1.807, 2.05) is 0 Å². The van der Waals surface area contributed by atoms with E-state index in [9.17, 15) is 8.42 Å². The van der Waals surface area contributed by atoms with Gasteiger partial charge in [-0.1, -0.05) is 36.7 Å². The Labute approximate surface area is 126 Å². The second-order valence-corrected chi connectivity index (χ2v) is 8.03. The average Bonchev–Trinajstić information content (AvgIpc) is 2.39. The zero-order chi connectivity index (χ0) is 14.5. The molecule has 4 nitrogen and oxygen atoms in total. The number of halogens is 1. The molecule has 19 heavy (non-hydrogen) atoms. The zero-order valence-electron chi connectivity index (χ0n) is 12.3. The summed E-state index contributed by atoms with van der Waals surface area (Å²) < 4.78 is 28.9. The zero-order valence-corrected chi connectivity index (χ0v) is 14.7. The normalized spacial score (nSPS) is 19.5. The Morgan fingerprint density at radius 2 is 1.79 bits per heavy atom. The van der Waals surface area contributed by atoms with Gasteiger partial charge in [-0.25, -0.2) is 0 Å². The van der Waals surface area contributed by atoms with Crippen molar-refractivity contribution in [2.75, 3.05) is 25.0 Å². The van der Waals surface area contributed by atoms with Gasteiger partial charge in [0.15, 0.2) is 0 Å². The van der Waals surface area contributed by atoms with Gasteiger partial charge >= 0.3 is 0 Å². The topological polar surface area (TPSA) is 40.6 Å². The Balaban J connectivity index is 2.86. The van der Waals surface area contributed by atoms with Crippen LogP contribution in [-0.2, 0) is 10.2 Å². The van der Waals surface area contributed by atoms with E-state index in [0.717, 1.165) is 25.7 Å². The van der Waals surface area contributed by atoms with Crippen LogP contribution in [0.2, 0.25) is 0 Å². The second kappa shape index (κ2) is 7.96. The Kier molecular flexibility index (Phi) is 7.29. The molecule has 1 aliphatic heterocycles. The highest BCUT2D eigenvalue weighted by atomic mass is 79.9. The van der Waals surface area contributed by atoms with Gasteiger partial charge in [-0.2, -0.15) is 17.0 Å². The van der Waals surface area contributed by atoms with E-state index < -0.39 is 10.2 Å². The monoisotopic (exact) mass is 354 g/mol. The van der Waals surface area contributed by atoms with Gasteiger partial charge in [-0.15, -0.1) is 0 Å². The molecular weight excluding hydrogens is 328 g/mol. The van der Waals surface area contributed by atoms with E-state index >= 15 is 0 Å². The number of alkyl halides is 1. The van der Waals surface area contributed by atoms with Gasteiger partial charge in [0, 0.05) is 31.0 Å². The number of piperidine rings is 1. The summed E-state index contributed by atoms with van der Waals surface area (Å²) in [5.41, 5.74) is 0. The van der Waals surface area contributed by atoms with Crippen LogP contribution in [0, 0.1) is 5.92 Å². The van der Waals surface area contributed by atoms with Crippen LogP contribution in [0.3, 0.4) is 0 Å². The van der Waals surface area contributed by atoms with Crippen LogP contribution in [0.1, 0.15) is 46.5 Å². The largest absolute Gasteiger partial charge is 0.282 e. The van der Waals surface area contributed by atoms with Gasteiger partial charge < -0.3 is 0 Å². The minimum Gasteiger partial charge on any atom is -0.195 e. The van der Waals surface area contributed by atoms with E-state index in [1.165, 1.54) is 0 Å². The summed E-state index contributed by atoms with van der Waals surface area (Å²) in [5.74, 6) is 0.643. The molecule has 0 spiro atoms. The SMILES string of the molecule is CCC(CC)N(CCBr)S(=O)(=O)N1CCC(C)CC1. The van der Waals surface area contributed by atoms with Crippen molar-refractivity contribution in [3.8, 4) is 0 Å². The number of rotatable bonds is 7. The summed E-state index contributed by atoms with van der Waals surface area (Å²) in [4.78, 5) is 0. The van der Waals surface area contributed by atoms with Crippen molar-refractivity contribution >= 4 is 26.1 Å². The summed E-state index contributed by atoms with van der Waals surface area (Å²) in [5, 5.41) is 0.687. The van der Waals surface area contributed by atoms with Crippen LogP contribution < -0.4 is 0 Å². The van der Waals surface area contributed by atoms with Crippen LogP contribution >= 0.6 is 15.9 Å². The molecule has 0 amide bonds. The molecule has 0 saturated carbocycles. The Hall–Kier alpha value is 0.350. The minimum atomic E-state index is -3.30. The van der Waals surface area contributed by atoms with Crippen LogP contribution in [0.4, 0.5) is 0 Å². The van der Waals surface area contributed by atoms with Crippen molar-refractivity contribution in [1.82, 2.24) is 8.61 Å². The van der Waals surface area contributed by atoms with E-state index in [-0.39, 0.29) is 6.04 Å². The molecule has 0 radical (unpaired) electrons. The van der Waals surface area contributed by atoms with Gasteiger partial charge in [0.25, 0.3) is 10.2 Å². The molecule has 1 aliphatic rings. The molecule has 0 N–H and O–H groups in total. The molecule has 0 aromatic carbocycles. The first-order chi connectivity index (χ1) is 8.97. The molecule has 0 aliphatic carbocycles. The Morgan fingerprint density at radius 3 is 2.21 bits per heavy atom. The minimum absolute atomic E-state index is 0.113. The van der Waals surface area contributed by atoms with Gasteiger partial charge in [-0.05, 0) is 31.6 Å². The molecular formula is C13H27BrN2O2S. The first-order valence-corrected chi connectivity index (χ1v) is 9.82. The Bertz CT molecular complexity index is 350. The predicted molar refractivity (Wildman–Crippen MR) is 83.8 cm³/mol. The lowest BCUT2D eigenvalue weighted by molar-refractivity contribution is 0.243. The third kappa shape index (κ3) is 4.41. The smallest absolute Gasteiger partial charge is 0.195 e. The Morgan fingerprint density at radius 1 is 1.26 bits per heavy atom. The van der Waals surface area contributed by atoms with Crippen molar-refractivity contribution in [1.29, 1.82) is 0 Å². The predicted octanol–water partition coefficient (Wildman–Crippen LogP) is 2.85. The molecule has 1 rings (SSSR count). The summed E-state index contributed by atoms with van der Waals surface area (Å²) in [6, 6.07) is 0.113. The van der Waals surface area contributed by atoms with E-state index in [0.29, 0.717) is 30.9 Å². The maximum atomic E-state index is 12.8. The number of nitrogens with zero attached hydrogens (tertiary/aromatic N) is 2. The summed E-state index contributed by atoms with van der Waals surface area (Å²) in [7, 11) is -3.30. The molecule has 0 unspecified atom stereocenters. The third-order valence-corrected chi connectivity index (χ3v) is 6.47. The fourth-order valence-corrected chi connectivity index (χ4v) is 5.21. The fraction of sp³-hybridized carbons (Fsp3) is 1.00. The van der Waals surface area contributed by atoms with Crippen LogP contribution in [-0.4, -0.2) is 48.0 Å². The molecule has 1 heterocycles. The van der Waals surface area contributed by atoms with Gasteiger partial charge in [0.05, 0.1) is 0 Å². The first kappa shape index (κ1) is 17.4. The van der Waals surface area contributed by atoms with Crippen LogP contribution in [0.15, 0.2) is 0 Å². The highest BCUT2D eigenvalue weighted by molar-refractivity contribution is 9.09. The fourth-order valence-electron chi connectivity index (χ4n) is 2.63. The van der Waals surface area contributed by atoms with Crippen molar-refractivity contribution < 1.29 is 8.42 Å². The molecule has 1 fully saturated rings. The molecule has 114 valence electrons. The maximum absolute atomic E-state index is 12.8. The number of hydrogen-bond donors (Lipinski definition) is 0. The quantitative estimate of drug-likeness (QED) is 0.659. The van der Waals surface area contributed by atoms with Crippen molar-refractivity contribution in [3.63, 3.8) is 0 Å². The first-order valence-electron chi connectivity index (χ1n) is 7.30. The van der Waals surface area contributed by atoms with Crippen molar-refractivity contribution in [2.24, 2.45) is 5.92 Å². The molecule has 6 heteroatoms. The standard InChI is InChI=1S/C13H27BrN2O2S/c1-4-13(5-2)16(11-8-14)19(17,18)15-9-6-12(3)7-10-15/h12-13H,4-11H2,1-3H3. The third-order valence-electron chi connectivity index (χ3n) is 4.02. The van der Waals surface area contributed by atoms with Gasteiger partial charge in [-0.3, -0.25) is 0 Å².